The molecule has 0 aromatic rings. The number of nitrogens with two attached hydrogens (primary N) is 2. The van der Waals surface area contributed by atoms with Gasteiger partial charge in [0.05, 0.1) is 12.5 Å². The molecule has 0 spiro atoms. The molecule has 0 aliphatic heterocycles. The summed E-state index contributed by atoms with van der Waals surface area (Å²) in [5.74, 6) is -7.87. The van der Waals surface area contributed by atoms with Crippen LogP contribution in [0.2, 0.25) is 0 Å². The zero-order valence-corrected chi connectivity index (χ0v) is 24.7. The second-order valence-electron chi connectivity index (χ2n) is 10.00. The van der Waals surface area contributed by atoms with Crippen molar-refractivity contribution in [2.45, 2.75) is 89.6 Å². The smallest absolute Gasteiger partial charge is 0.305 e. The van der Waals surface area contributed by atoms with Crippen molar-refractivity contribution in [3.63, 3.8) is 0 Å². The zero-order chi connectivity index (χ0) is 32.7. The molecule has 0 fully saturated rings. The van der Waals surface area contributed by atoms with Crippen molar-refractivity contribution < 1.29 is 48.6 Å². The van der Waals surface area contributed by atoms with Gasteiger partial charge in [-0.25, -0.2) is 0 Å². The van der Waals surface area contributed by atoms with Crippen LogP contribution in [0.1, 0.15) is 53.4 Å². The maximum Gasteiger partial charge on any atom is 0.305 e. The number of hydrogen-bond acceptors (Lipinski definition) is 10. The lowest BCUT2D eigenvalue weighted by atomic mass is 10.0. The molecule has 0 bridgehead atoms. The van der Waals surface area contributed by atoms with E-state index in [1.54, 1.807) is 13.8 Å². The van der Waals surface area contributed by atoms with Crippen molar-refractivity contribution in [2.24, 2.45) is 17.4 Å². The molecule has 0 heterocycles. The molecule has 18 heteroatoms. The number of amides is 6. The number of rotatable bonds is 19. The molecule has 0 aliphatic carbocycles. The van der Waals surface area contributed by atoms with Gasteiger partial charge >= 0.3 is 11.9 Å². The first kappa shape index (κ1) is 38.1. The van der Waals surface area contributed by atoms with E-state index in [1.165, 1.54) is 13.8 Å². The lowest BCUT2D eigenvalue weighted by molar-refractivity contribution is -0.140. The molecule has 238 valence electrons. The quantitative estimate of drug-likeness (QED) is 0.0635. The summed E-state index contributed by atoms with van der Waals surface area (Å²) in [5, 5.41) is 29.6. The van der Waals surface area contributed by atoms with Crippen molar-refractivity contribution in [1.29, 1.82) is 0 Å². The van der Waals surface area contributed by atoms with Crippen LogP contribution in [-0.4, -0.2) is 99.6 Å². The molecule has 6 amide bonds. The summed E-state index contributed by atoms with van der Waals surface area (Å²) in [6, 6.07) is -7.61. The minimum absolute atomic E-state index is 0.0977. The normalized spacial score (nSPS) is 15.1. The molecule has 0 aromatic heterocycles. The molecule has 0 rings (SSSR count). The van der Waals surface area contributed by atoms with E-state index in [-0.39, 0.29) is 24.5 Å². The third-order valence-electron chi connectivity index (χ3n) is 5.70. The number of hydrogen-bond donors (Lipinski definition) is 10. The third-order valence-corrected chi connectivity index (χ3v) is 6.06. The fourth-order valence-corrected chi connectivity index (χ4v) is 3.63. The predicted octanol–water partition coefficient (Wildman–Crippen LogP) is -3.42. The standard InChI is InChI=1S/C24H41N7O10S/c1-10(2)7-15(30-22(39)13(25)8-18(34)35)24(41)28-11(3)20(37)29-14(5-6-17(32)33)23(40)27-12(4)21(38)31-16(9-42)19(26)36/h10-16,42H,5-9,25H2,1-4H3,(H2,26,36)(H,27,40)(H,28,41)(H,29,37)(H,30,39)(H,31,38)(H,32,33)(H,34,35)/t11-,12-,13-,14-,15-,16-/m0/s1. The van der Waals surface area contributed by atoms with E-state index in [2.05, 4.69) is 39.2 Å². The third kappa shape index (κ3) is 14.6. The summed E-state index contributed by atoms with van der Waals surface area (Å²) in [4.78, 5) is 96.5. The molecule has 17 nitrogen and oxygen atoms in total. The van der Waals surface area contributed by atoms with E-state index in [0.29, 0.717) is 0 Å². The van der Waals surface area contributed by atoms with E-state index < -0.39 is 96.5 Å². The zero-order valence-electron chi connectivity index (χ0n) is 23.8. The summed E-state index contributed by atoms with van der Waals surface area (Å²) in [7, 11) is 0. The molecule has 0 unspecified atom stereocenters. The van der Waals surface area contributed by atoms with Gasteiger partial charge in [0.1, 0.15) is 30.2 Å². The fourth-order valence-electron chi connectivity index (χ4n) is 3.36. The van der Waals surface area contributed by atoms with Gasteiger partial charge in [-0.05, 0) is 32.6 Å². The Balaban J connectivity index is 5.49. The highest BCUT2D eigenvalue weighted by molar-refractivity contribution is 7.80. The van der Waals surface area contributed by atoms with Crippen molar-refractivity contribution >= 4 is 60.0 Å². The summed E-state index contributed by atoms with van der Waals surface area (Å²) in [5.41, 5.74) is 10.7. The van der Waals surface area contributed by atoms with Crippen LogP contribution >= 0.6 is 12.6 Å². The first-order valence-electron chi connectivity index (χ1n) is 13.0. The first-order valence-corrected chi connectivity index (χ1v) is 13.6. The molecule has 0 saturated carbocycles. The molecule has 0 radical (unpaired) electrons. The Labute approximate surface area is 248 Å². The Bertz CT molecular complexity index is 1030. The summed E-state index contributed by atoms with van der Waals surface area (Å²) in [6.07, 6.45) is -1.43. The minimum atomic E-state index is -1.43. The van der Waals surface area contributed by atoms with Crippen LogP contribution in [0.15, 0.2) is 0 Å². The minimum Gasteiger partial charge on any atom is -0.481 e. The number of carboxylic acids is 2. The molecular formula is C24H41N7O10S. The van der Waals surface area contributed by atoms with E-state index in [1.807, 2.05) is 0 Å². The van der Waals surface area contributed by atoms with Crippen LogP contribution in [-0.2, 0) is 38.4 Å². The van der Waals surface area contributed by atoms with E-state index >= 15 is 0 Å². The second-order valence-corrected chi connectivity index (χ2v) is 10.4. The van der Waals surface area contributed by atoms with Gasteiger partial charge in [-0.1, -0.05) is 13.8 Å². The lowest BCUT2D eigenvalue weighted by Gasteiger charge is -2.25. The SMILES string of the molecule is CC(C)C[C@H](NC(=O)[C@@H](N)CC(=O)O)C(=O)N[C@@H](C)C(=O)N[C@@H](CCC(=O)O)C(=O)N[C@@H](C)C(=O)N[C@@H](CS)C(N)=O. The Hall–Kier alpha value is -3.93. The van der Waals surface area contributed by atoms with Gasteiger partial charge in [-0.15, -0.1) is 0 Å². The van der Waals surface area contributed by atoms with E-state index in [9.17, 15) is 38.4 Å². The monoisotopic (exact) mass is 619 g/mol. The average molecular weight is 620 g/mol. The highest BCUT2D eigenvalue weighted by atomic mass is 32.1. The number of thiol groups is 1. The molecule has 0 aromatic carbocycles. The van der Waals surface area contributed by atoms with Gasteiger partial charge in [0, 0.05) is 12.2 Å². The molecule has 42 heavy (non-hydrogen) atoms. The number of nitrogens with one attached hydrogen (secondary N) is 5. The van der Waals surface area contributed by atoms with Crippen LogP contribution < -0.4 is 38.1 Å². The molecular weight excluding hydrogens is 578 g/mol. The van der Waals surface area contributed by atoms with Crippen LogP contribution in [0.5, 0.6) is 0 Å². The summed E-state index contributed by atoms with van der Waals surface area (Å²) < 4.78 is 0. The first-order chi connectivity index (χ1) is 19.4. The maximum atomic E-state index is 12.9. The Kier molecular flexibility index (Phi) is 16.8. The topological polar surface area (TPSA) is 289 Å². The lowest BCUT2D eigenvalue weighted by Crippen LogP contribution is -2.58. The van der Waals surface area contributed by atoms with Gasteiger partial charge in [0.15, 0.2) is 0 Å². The van der Waals surface area contributed by atoms with Gasteiger partial charge in [-0.2, -0.15) is 12.6 Å². The Morgan fingerprint density at radius 2 is 1.12 bits per heavy atom. The number of carbonyl (C=O) groups is 8. The number of aliphatic carboxylic acids is 2. The van der Waals surface area contributed by atoms with Crippen LogP contribution in [0.4, 0.5) is 0 Å². The van der Waals surface area contributed by atoms with Crippen LogP contribution in [0, 0.1) is 5.92 Å². The fraction of sp³-hybridized carbons (Fsp3) is 0.667. The Morgan fingerprint density at radius 1 is 0.667 bits per heavy atom. The van der Waals surface area contributed by atoms with Crippen molar-refractivity contribution in [3.05, 3.63) is 0 Å². The highest BCUT2D eigenvalue weighted by Crippen LogP contribution is 2.07. The summed E-state index contributed by atoms with van der Waals surface area (Å²) >= 11 is 3.91. The number of primary amides is 1. The van der Waals surface area contributed by atoms with Gasteiger partial charge in [0.25, 0.3) is 0 Å². The average Bonchev–Trinajstić information content (AvgIpc) is 2.87. The van der Waals surface area contributed by atoms with Crippen molar-refractivity contribution in [1.82, 2.24) is 26.6 Å². The van der Waals surface area contributed by atoms with E-state index in [0.717, 1.165) is 0 Å². The van der Waals surface area contributed by atoms with Gasteiger partial charge < -0.3 is 48.3 Å². The maximum absolute atomic E-state index is 12.9. The predicted molar refractivity (Wildman–Crippen MR) is 151 cm³/mol. The molecule has 0 aliphatic rings. The molecule has 11 N–H and O–H groups in total. The largest absolute Gasteiger partial charge is 0.481 e. The highest BCUT2D eigenvalue weighted by Gasteiger charge is 2.31. The van der Waals surface area contributed by atoms with Crippen molar-refractivity contribution in [2.75, 3.05) is 5.75 Å². The van der Waals surface area contributed by atoms with E-state index in [4.69, 9.17) is 21.7 Å². The molecule has 0 saturated heterocycles. The van der Waals surface area contributed by atoms with Crippen LogP contribution in [0.3, 0.4) is 0 Å². The van der Waals surface area contributed by atoms with Gasteiger partial charge in [-0.3, -0.25) is 38.4 Å². The molecule has 6 atom stereocenters. The summed E-state index contributed by atoms with van der Waals surface area (Å²) in [6.45, 7) is 6.09. The number of carboxylic acid groups (broad SMARTS) is 2. The number of carbonyl (C=O) groups excluding carboxylic acids is 6. The van der Waals surface area contributed by atoms with Crippen molar-refractivity contribution in [3.8, 4) is 0 Å². The van der Waals surface area contributed by atoms with Crippen LogP contribution in [0.25, 0.3) is 0 Å². The second kappa shape index (κ2) is 18.5. The Morgan fingerprint density at radius 3 is 1.52 bits per heavy atom. The van der Waals surface area contributed by atoms with Gasteiger partial charge in [0.2, 0.25) is 35.4 Å².